The summed E-state index contributed by atoms with van der Waals surface area (Å²) in [6, 6.07) is 0. The van der Waals surface area contributed by atoms with Gasteiger partial charge in [-0.25, -0.2) is 4.57 Å². The zero-order chi connectivity index (χ0) is 14.5. The second kappa shape index (κ2) is 7.49. The molecule has 10 heteroatoms. The van der Waals surface area contributed by atoms with Crippen molar-refractivity contribution in [2.24, 2.45) is 0 Å². The Balaban J connectivity index is 0.00000137. The van der Waals surface area contributed by atoms with E-state index >= 15 is 0 Å². The summed E-state index contributed by atoms with van der Waals surface area (Å²) in [5.41, 5.74) is 0. The second-order valence-corrected chi connectivity index (χ2v) is 5.09. The van der Waals surface area contributed by atoms with Crippen molar-refractivity contribution in [3.05, 3.63) is 0 Å². The predicted octanol–water partition coefficient (Wildman–Crippen LogP) is -2.43. The van der Waals surface area contributed by atoms with Crippen LogP contribution >= 0.6 is 7.82 Å². The molecule has 0 aromatic rings. The van der Waals surface area contributed by atoms with Crippen molar-refractivity contribution < 1.29 is 44.0 Å². The molecule has 6 N–H and O–H groups in total. The van der Waals surface area contributed by atoms with Gasteiger partial charge in [0.05, 0.1) is 12.2 Å². The third-order valence-corrected chi connectivity index (χ3v) is 3.40. The van der Waals surface area contributed by atoms with Gasteiger partial charge >= 0.3 is 7.82 Å². The summed E-state index contributed by atoms with van der Waals surface area (Å²) in [5.74, 6) is 0. The fourth-order valence-electron chi connectivity index (χ4n) is 1.50. The van der Waals surface area contributed by atoms with Gasteiger partial charge in [-0.05, 0) is 0 Å². The van der Waals surface area contributed by atoms with E-state index in [2.05, 4.69) is 9.05 Å². The van der Waals surface area contributed by atoms with Crippen molar-refractivity contribution in [3.8, 4) is 0 Å². The highest BCUT2D eigenvalue weighted by atomic mass is 31.2. The van der Waals surface area contributed by atoms with Crippen LogP contribution in [0.5, 0.6) is 0 Å². The maximum atomic E-state index is 11.1. The summed E-state index contributed by atoms with van der Waals surface area (Å²) in [6.45, 7) is 0. The minimum Gasteiger partial charge on any atom is -0.400 e. The number of rotatable bonds is 3. The zero-order valence-electron chi connectivity index (χ0n) is 9.95. The normalized spacial score (nSPS) is 39.4. The molecule has 1 fully saturated rings. The summed E-state index contributed by atoms with van der Waals surface area (Å²) >= 11 is 0. The molecule has 18 heavy (non-hydrogen) atoms. The van der Waals surface area contributed by atoms with Gasteiger partial charge in [0, 0.05) is 20.6 Å². The predicted molar refractivity (Wildman–Crippen MR) is 58.5 cm³/mol. The average Bonchev–Trinajstić information content (AvgIpc) is 2.35. The first-order valence-electron chi connectivity index (χ1n) is 5.02. The highest BCUT2D eigenvalue weighted by molar-refractivity contribution is 7.47. The van der Waals surface area contributed by atoms with Crippen LogP contribution in [0.1, 0.15) is 6.42 Å². The summed E-state index contributed by atoms with van der Waals surface area (Å²) in [5, 5.41) is 44.4. The second-order valence-electron chi connectivity index (χ2n) is 3.57. The number of hydrogen-bond donors (Lipinski definition) is 6. The molecule has 1 aliphatic carbocycles. The quantitative estimate of drug-likeness (QED) is 0.311. The van der Waals surface area contributed by atoms with Gasteiger partial charge in [-0.15, -0.1) is 0 Å². The van der Waals surface area contributed by atoms with Gasteiger partial charge in [0.2, 0.25) is 0 Å². The Hall–Kier alpha value is -0.0900. The lowest BCUT2D eigenvalue weighted by molar-refractivity contribution is -0.172. The van der Waals surface area contributed by atoms with Crippen LogP contribution in [0.4, 0.5) is 0 Å². The summed E-state index contributed by atoms with van der Waals surface area (Å²) in [7, 11) is -2.45. The third-order valence-electron chi connectivity index (χ3n) is 2.43. The third kappa shape index (κ3) is 4.54. The maximum absolute atomic E-state index is 11.1. The zero-order valence-corrected chi connectivity index (χ0v) is 10.8. The first-order chi connectivity index (χ1) is 8.28. The van der Waals surface area contributed by atoms with E-state index in [1.54, 1.807) is 0 Å². The Morgan fingerprint density at radius 2 is 1.56 bits per heavy atom. The lowest BCUT2D eigenvalue weighted by atomic mass is 9.87. The van der Waals surface area contributed by atoms with E-state index < -0.39 is 38.3 Å². The number of phosphoric ester groups is 1. The SMILES string of the molecule is CO.COP(=O)(O)OC1C(O)[C@@H](O)C(O)C[C@H]1O. The Labute approximate surface area is 104 Å². The number of hydrogen-bond acceptors (Lipinski definition) is 8. The van der Waals surface area contributed by atoms with E-state index in [0.29, 0.717) is 0 Å². The van der Waals surface area contributed by atoms with E-state index in [-0.39, 0.29) is 6.42 Å². The largest absolute Gasteiger partial charge is 0.472 e. The summed E-state index contributed by atoms with van der Waals surface area (Å²) in [6.07, 6.45) is -7.67. The van der Waals surface area contributed by atoms with Crippen LogP contribution in [0, 0.1) is 0 Å². The van der Waals surface area contributed by atoms with Crippen LogP contribution in [0.25, 0.3) is 0 Å². The number of aliphatic hydroxyl groups excluding tert-OH is 5. The van der Waals surface area contributed by atoms with Crippen molar-refractivity contribution >= 4 is 7.82 Å². The van der Waals surface area contributed by atoms with Crippen molar-refractivity contribution in [2.45, 2.75) is 36.9 Å². The van der Waals surface area contributed by atoms with Gasteiger partial charge in [0.15, 0.2) is 0 Å². The minimum atomic E-state index is -4.38. The van der Waals surface area contributed by atoms with Gasteiger partial charge in [-0.3, -0.25) is 9.05 Å². The molecule has 0 saturated heterocycles. The van der Waals surface area contributed by atoms with E-state index in [1.807, 2.05) is 0 Å². The molecule has 1 rings (SSSR count). The topological polar surface area (TPSA) is 157 Å². The first-order valence-corrected chi connectivity index (χ1v) is 6.52. The molecule has 0 aromatic carbocycles. The standard InChI is InChI=1S/C7H15O8P.CH4O/c1-14-16(12,13)15-7-4(9)2-3(8)5(10)6(7)11;1-2/h3-11H,2H2,1H3,(H,12,13);2H,1H3/t3?,4-,5+,6?,7?;/m1./s1. The minimum absolute atomic E-state index is 0.271. The maximum Gasteiger partial charge on any atom is 0.472 e. The van der Waals surface area contributed by atoms with E-state index in [9.17, 15) is 25.0 Å². The molecule has 0 aliphatic heterocycles. The first kappa shape index (κ1) is 17.9. The smallest absolute Gasteiger partial charge is 0.400 e. The van der Waals surface area contributed by atoms with E-state index in [0.717, 1.165) is 14.2 Å². The highest BCUT2D eigenvalue weighted by Crippen LogP contribution is 2.45. The molecule has 0 amide bonds. The molecule has 4 unspecified atom stereocenters. The Morgan fingerprint density at radius 1 is 1.06 bits per heavy atom. The van der Waals surface area contributed by atoms with Gasteiger partial charge in [0.25, 0.3) is 0 Å². The summed E-state index contributed by atoms with van der Waals surface area (Å²) in [4.78, 5) is 9.01. The average molecular weight is 290 g/mol. The lowest BCUT2D eigenvalue weighted by Crippen LogP contribution is -2.56. The molecule has 0 spiro atoms. The van der Waals surface area contributed by atoms with Crippen molar-refractivity contribution in [1.29, 1.82) is 0 Å². The van der Waals surface area contributed by atoms with Crippen LogP contribution in [-0.2, 0) is 13.6 Å². The van der Waals surface area contributed by atoms with Crippen molar-refractivity contribution in [1.82, 2.24) is 0 Å². The van der Waals surface area contributed by atoms with Gasteiger partial charge in [0.1, 0.15) is 18.3 Å². The van der Waals surface area contributed by atoms with Crippen LogP contribution < -0.4 is 0 Å². The van der Waals surface area contributed by atoms with E-state index in [4.69, 9.17) is 10.00 Å². The molecule has 1 saturated carbocycles. The van der Waals surface area contributed by atoms with Crippen LogP contribution in [0.2, 0.25) is 0 Å². The van der Waals surface area contributed by atoms with Crippen LogP contribution in [-0.4, -0.2) is 75.2 Å². The van der Waals surface area contributed by atoms with E-state index in [1.165, 1.54) is 0 Å². The molecule has 110 valence electrons. The fourth-order valence-corrected chi connectivity index (χ4v) is 2.16. The molecule has 0 bridgehead atoms. The van der Waals surface area contributed by atoms with Gasteiger partial charge in [-0.1, -0.05) is 0 Å². The van der Waals surface area contributed by atoms with Crippen LogP contribution in [0.15, 0.2) is 0 Å². The molecular weight excluding hydrogens is 271 g/mol. The highest BCUT2D eigenvalue weighted by Gasteiger charge is 2.45. The van der Waals surface area contributed by atoms with Crippen LogP contribution in [0.3, 0.4) is 0 Å². The molecule has 6 atom stereocenters. The molecule has 0 heterocycles. The van der Waals surface area contributed by atoms with Crippen molar-refractivity contribution in [3.63, 3.8) is 0 Å². The molecule has 9 nitrogen and oxygen atoms in total. The lowest BCUT2D eigenvalue weighted by Gasteiger charge is -2.38. The molecule has 0 radical (unpaired) electrons. The molecule has 1 aliphatic rings. The Kier molecular flexibility index (Phi) is 7.45. The number of aliphatic hydroxyl groups is 5. The Bertz CT molecular complexity index is 286. The molecular formula is C8H19O9P. The van der Waals surface area contributed by atoms with Gasteiger partial charge in [-0.2, -0.15) is 0 Å². The number of phosphoric acid groups is 1. The fraction of sp³-hybridized carbons (Fsp3) is 1.00. The van der Waals surface area contributed by atoms with Gasteiger partial charge < -0.3 is 30.4 Å². The van der Waals surface area contributed by atoms with Crippen molar-refractivity contribution in [2.75, 3.05) is 14.2 Å². The summed E-state index contributed by atoms with van der Waals surface area (Å²) < 4.78 is 19.7. The Morgan fingerprint density at radius 3 is 2.00 bits per heavy atom. The monoisotopic (exact) mass is 290 g/mol. The molecule has 0 aromatic heterocycles.